The van der Waals surface area contributed by atoms with Gasteiger partial charge in [0.05, 0.1) is 17.4 Å². The third-order valence-corrected chi connectivity index (χ3v) is 11.3. The summed E-state index contributed by atoms with van der Waals surface area (Å²) in [5.74, 6) is 1.87. The summed E-state index contributed by atoms with van der Waals surface area (Å²) in [6.07, 6.45) is 2.00. The van der Waals surface area contributed by atoms with Gasteiger partial charge in [0.15, 0.2) is 17.5 Å². The molecular formula is C56H37N5. The monoisotopic (exact) mass is 779 g/mol. The molecular weight excluding hydrogens is 743 g/mol. The predicted octanol–water partition coefficient (Wildman–Crippen LogP) is 14.0. The van der Waals surface area contributed by atoms with Crippen molar-refractivity contribution in [1.29, 1.82) is 0 Å². The highest BCUT2D eigenvalue weighted by molar-refractivity contribution is 6.13. The van der Waals surface area contributed by atoms with E-state index in [0.29, 0.717) is 17.5 Å². The SMILES string of the molecule is c1ccc(-c2cccc(-c3nc(-c4ccccc4)nc(-c4cccc(-c5cccc(-c6c(-c7ccccc7)n7ncc(-c8ccccc8)c7c7ccccc67)c5)c4)n3)c2)cc1. The van der Waals surface area contributed by atoms with E-state index in [0.717, 1.165) is 83.4 Å². The highest BCUT2D eigenvalue weighted by atomic mass is 15.2. The van der Waals surface area contributed by atoms with Crippen LogP contribution in [0.2, 0.25) is 0 Å². The molecule has 0 saturated carbocycles. The number of hydrogen-bond acceptors (Lipinski definition) is 4. The maximum atomic E-state index is 5.13. The number of nitrogens with zero attached hydrogens (tertiary/aromatic N) is 5. The van der Waals surface area contributed by atoms with Crippen LogP contribution in [0.15, 0.2) is 225 Å². The third-order valence-electron chi connectivity index (χ3n) is 11.3. The van der Waals surface area contributed by atoms with Crippen molar-refractivity contribution in [3.8, 4) is 89.9 Å². The van der Waals surface area contributed by atoms with E-state index in [4.69, 9.17) is 20.1 Å². The van der Waals surface area contributed by atoms with Crippen LogP contribution in [0.4, 0.5) is 0 Å². The van der Waals surface area contributed by atoms with Gasteiger partial charge in [0.1, 0.15) is 0 Å². The zero-order chi connectivity index (χ0) is 40.5. The summed E-state index contributed by atoms with van der Waals surface area (Å²) in [5.41, 5.74) is 14.9. The van der Waals surface area contributed by atoms with Crippen LogP contribution in [0.5, 0.6) is 0 Å². The van der Waals surface area contributed by atoms with Crippen molar-refractivity contribution in [3.05, 3.63) is 225 Å². The van der Waals surface area contributed by atoms with Crippen molar-refractivity contribution in [3.63, 3.8) is 0 Å². The van der Waals surface area contributed by atoms with E-state index >= 15 is 0 Å². The second-order valence-corrected chi connectivity index (χ2v) is 15.1. The molecule has 286 valence electrons. The molecule has 11 aromatic rings. The zero-order valence-electron chi connectivity index (χ0n) is 33.1. The molecule has 0 atom stereocenters. The van der Waals surface area contributed by atoms with Gasteiger partial charge in [-0.15, -0.1) is 0 Å². The van der Waals surface area contributed by atoms with E-state index in [9.17, 15) is 0 Å². The van der Waals surface area contributed by atoms with Gasteiger partial charge in [-0.25, -0.2) is 19.5 Å². The molecule has 3 aromatic heterocycles. The molecule has 11 rings (SSSR count). The van der Waals surface area contributed by atoms with Gasteiger partial charge in [-0.1, -0.05) is 200 Å². The number of benzene rings is 8. The second-order valence-electron chi connectivity index (χ2n) is 15.1. The maximum absolute atomic E-state index is 5.13. The summed E-state index contributed by atoms with van der Waals surface area (Å²) in [4.78, 5) is 15.2. The van der Waals surface area contributed by atoms with Crippen LogP contribution in [0.25, 0.3) is 106 Å². The molecule has 0 amide bonds. The first-order valence-electron chi connectivity index (χ1n) is 20.5. The number of rotatable bonds is 8. The summed E-state index contributed by atoms with van der Waals surface area (Å²) < 4.78 is 2.14. The molecule has 0 aliphatic heterocycles. The average molecular weight is 780 g/mol. The molecule has 0 aliphatic carbocycles. The highest BCUT2D eigenvalue weighted by Gasteiger charge is 2.22. The lowest BCUT2D eigenvalue weighted by atomic mass is 9.90. The van der Waals surface area contributed by atoms with E-state index in [-0.39, 0.29) is 0 Å². The molecule has 0 aliphatic rings. The number of fused-ring (bicyclic) bond motifs is 3. The van der Waals surface area contributed by atoms with E-state index in [1.165, 1.54) is 5.39 Å². The summed E-state index contributed by atoms with van der Waals surface area (Å²) >= 11 is 0. The van der Waals surface area contributed by atoms with Crippen LogP contribution < -0.4 is 0 Å². The minimum Gasteiger partial charge on any atom is -0.231 e. The molecule has 8 aromatic carbocycles. The van der Waals surface area contributed by atoms with Gasteiger partial charge in [-0.2, -0.15) is 5.10 Å². The van der Waals surface area contributed by atoms with Crippen LogP contribution in [-0.2, 0) is 0 Å². The van der Waals surface area contributed by atoms with Gasteiger partial charge in [0.25, 0.3) is 0 Å². The standard InChI is InChI=1S/C56H37N5/c1-5-18-38(19-6-1)42-26-16-30-46(35-42)55-58-54(41-24-11-4-12-25-41)59-56(60-55)47-31-17-28-44(36-47)43-27-15-29-45(34-43)51-48-32-13-14-33-49(48)53-50(39-20-7-2-8-21-39)37-57-61(53)52(51)40-22-9-3-10-23-40/h1-37H. The molecule has 0 N–H and O–H groups in total. The molecule has 3 heterocycles. The Morgan fingerprint density at radius 1 is 0.295 bits per heavy atom. The molecule has 0 bridgehead atoms. The van der Waals surface area contributed by atoms with E-state index in [2.05, 4.69) is 187 Å². The first kappa shape index (κ1) is 35.8. The van der Waals surface area contributed by atoms with Crippen LogP contribution in [0.1, 0.15) is 0 Å². The predicted molar refractivity (Wildman–Crippen MR) is 250 cm³/mol. The van der Waals surface area contributed by atoms with Crippen LogP contribution in [0, 0.1) is 0 Å². The fourth-order valence-electron chi connectivity index (χ4n) is 8.41. The highest BCUT2D eigenvalue weighted by Crippen LogP contribution is 2.43. The molecule has 0 unspecified atom stereocenters. The van der Waals surface area contributed by atoms with Gasteiger partial charge >= 0.3 is 0 Å². The third kappa shape index (κ3) is 6.74. The normalized spacial score (nSPS) is 11.3. The van der Waals surface area contributed by atoms with Crippen molar-refractivity contribution in [2.75, 3.05) is 0 Å². The Labute approximate surface area is 354 Å². The average Bonchev–Trinajstić information content (AvgIpc) is 3.80. The maximum Gasteiger partial charge on any atom is 0.164 e. The van der Waals surface area contributed by atoms with Crippen LogP contribution in [0.3, 0.4) is 0 Å². The van der Waals surface area contributed by atoms with E-state index < -0.39 is 0 Å². The summed E-state index contributed by atoms with van der Waals surface area (Å²) in [6.45, 7) is 0. The minimum absolute atomic E-state index is 0.614. The van der Waals surface area contributed by atoms with Gasteiger partial charge in [0.2, 0.25) is 0 Å². The zero-order valence-corrected chi connectivity index (χ0v) is 33.1. The van der Waals surface area contributed by atoms with Crippen molar-refractivity contribution in [2.45, 2.75) is 0 Å². The smallest absolute Gasteiger partial charge is 0.164 e. The van der Waals surface area contributed by atoms with Gasteiger partial charge in [-0.3, -0.25) is 0 Å². The Balaban J connectivity index is 1.06. The Morgan fingerprint density at radius 3 is 1.26 bits per heavy atom. The Hall–Kier alpha value is -8.28. The molecule has 5 nitrogen and oxygen atoms in total. The summed E-state index contributed by atoms with van der Waals surface area (Å²) in [7, 11) is 0. The van der Waals surface area contributed by atoms with Gasteiger partial charge in [0, 0.05) is 38.8 Å². The van der Waals surface area contributed by atoms with Crippen molar-refractivity contribution >= 4 is 16.3 Å². The number of hydrogen-bond donors (Lipinski definition) is 0. The summed E-state index contributed by atoms with van der Waals surface area (Å²) in [5, 5.41) is 7.42. The molecule has 0 spiro atoms. The minimum atomic E-state index is 0.614. The largest absolute Gasteiger partial charge is 0.231 e. The first-order valence-corrected chi connectivity index (χ1v) is 20.5. The lowest BCUT2D eigenvalue weighted by molar-refractivity contribution is 0.976. The topological polar surface area (TPSA) is 56.0 Å². The fourth-order valence-corrected chi connectivity index (χ4v) is 8.41. The Kier molecular flexibility index (Phi) is 9.10. The lowest BCUT2D eigenvalue weighted by Gasteiger charge is -2.18. The van der Waals surface area contributed by atoms with Crippen molar-refractivity contribution in [2.24, 2.45) is 0 Å². The van der Waals surface area contributed by atoms with Crippen molar-refractivity contribution < 1.29 is 0 Å². The summed E-state index contributed by atoms with van der Waals surface area (Å²) in [6, 6.07) is 76.1. The molecule has 0 radical (unpaired) electrons. The van der Waals surface area contributed by atoms with Crippen LogP contribution >= 0.6 is 0 Å². The van der Waals surface area contributed by atoms with Gasteiger partial charge < -0.3 is 0 Å². The molecule has 0 fully saturated rings. The van der Waals surface area contributed by atoms with Gasteiger partial charge in [-0.05, 0) is 57.0 Å². The molecule has 0 saturated heterocycles. The first-order chi connectivity index (χ1) is 30.2. The molecule has 5 heteroatoms. The van der Waals surface area contributed by atoms with E-state index in [1.54, 1.807) is 0 Å². The van der Waals surface area contributed by atoms with Crippen molar-refractivity contribution in [1.82, 2.24) is 24.6 Å². The number of aromatic nitrogens is 5. The fraction of sp³-hybridized carbons (Fsp3) is 0. The Morgan fingerprint density at radius 2 is 0.689 bits per heavy atom. The second kappa shape index (κ2) is 15.5. The Bertz CT molecular complexity index is 3340. The molecule has 61 heavy (non-hydrogen) atoms. The van der Waals surface area contributed by atoms with E-state index in [1.807, 2.05) is 42.6 Å². The quantitative estimate of drug-likeness (QED) is 0.154. The van der Waals surface area contributed by atoms with Crippen LogP contribution in [-0.4, -0.2) is 24.6 Å². The number of pyridine rings is 1. The lowest BCUT2D eigenvalue weighted by Crippen LogP contribution is -2.00.